The van der Waals surface area contributed by atoms with Crippen molar-refractivity contribution in [3.63, 3.8) is 0 Å². The van der Waals surface area contributed by atoms with Crippen LogP contribution in [0, 0.1) is 19.3 Å². The van der Waals surface area contributed by atoms with Crippen LogP contribution in [0.4, 0.5) is 5.82 Å². The fraction of sp³-hybridized carbons (Fsp3) is 0.400. The first-order valence-corrected chi connectivity index (χ1v) is 4.78. The number of halogens is 1. The Morgan fingerprint density at radius 3 is 3.00 bits per heavy atom. The number of terminal acetylenes is 1. The van der Waals surface area contributed by atoms with Gasteiger partial charge in [-0.25, -0.2) is 9.97 Å². The predicted molar refractivity (Wildman–Crippen MR) is 58.3 cm³/mol. The van der Waals surface area contributed by atoms with Gasteiger partial charge in [0.15, 0.2) is 0 Å². The van der Waals surface area contributed by atoms with Gasteiger partial charge in [-0.2, -0.15) is 0 Å². The standard InChI is InChI=1S/C10H12ClN3/c1-3-4-5-6-12-9-7-8(2)13-10(11)14-9/h1,7H,4-6H2,2H3,(H,12,13,14). The Labute approximate surface area is 88.9 Å². The normalized spacial score (nSPS) is 9.50. The van der Waals surface area contributed by atoms with Crippen molar-refractivity contribution in [1.29, 1.82) is 0 Å². The van der Waals surface area contributed by atoms with Crippen LogP contribution < -0.4 is 5.32 Å². The lowest BCUT2D eigenvalue weighted by molar-refractivity contribution is 0.898. The number of nitrogens with zero attached hydrogens (tertiary/aromatic N) is 2. The van der Waals surface area contributed by atoms with Crippen molar-refractivity contribution >= 4 is 17.4 Å². The highest BCUT2D eigenvalue weighted by Gasteiger charge is 1.98. The molecule has 1 aromatic rings. The second-order valence-corrected chi connectivity index (χ2v) is 3.24. The van der Waals surface area contributed by atoms with Crippen molar-refractivity contribution < 1.29 is 0 Å². The van der Waals surface area contributed by atoms with Gasteiger partial charge in [0.25, 0.3) is 0 Å². The monoisotopic (exact) mass is 209 g/mol. The van der Waals surface area contributed by atoms with E-state index in [0.29, 0.717) is 0 Å². The summed E-state index contributed by atoms with van der Waals surface area (Å²) in [6.07, 6.45) is 6.83. The quantitative estimate of drug-likeness (QED) is 0.470. The molecule has 0 amide bonds. The molecule has 0 bridgehead atoms. The Balaban J connectivity index is 2.47. The van der Waals surface area contributed by atoms with Crippen LogP contribution in [-0.4, -0.2) is 16.5 Å². The summed E-state index contributed by atoms with van der Waals surface area (Å²) in [4.78, 5) is 7.98. The highest BCUT2D eigenvalue weighted by atomic mass is 35.5. The van der Waals surface area contributed by atoms with Crippen molar-refractivity contribution in [2.75, 3.05) is 11.9 Å². The molecule has 0 saturated heterocycles. The molecule has 0 atom stereocenters. The van der Waals surface area contributed by atoms with Gasteiger partial charge in [0, 0.05) is 24.7 Å². The summed E-state index contributed by atoms with van der Waals surface area (Å²) in [7, 11) is 0. The van der Waals surface area contributed by atoms with Gasteiger partial charge in [-0.05, 0) is 24.9 Å². The number of nitrogens with one attached hydrogen (secondary N) is 1. The summed E-state index contributed by atoms with van der Waals surface area (Å²) in [5.41, 5.74) is 0.851. The van der Waals surface area contributed by atoms with Crippen LogP contribution in [-0.2, 0) is 0 Å². The zero-order valence-electron chi connectivity index (χ0n) is 8.05. The van der Waals surface area contributed by atoms with Crippen LogP contribution in [0.1, 0.15) is 18.5 Å². The molecule has 14 heavy (non-hydrogen) atoms. The Morgan fingerprint density at radius 2 is 2.36 bits per heavy atom. The molecule has 0 aliphatic rings. The lowest BCUT2D eigenvalue weighted by Crippen LogP contribution is -2.04. The molecule has 0 unspecified atom stereocenters. The van der Waals surface area contributed by atoms with Gasteiger partial charge in [-0.15, -0.1) is 12.3 Å². The number of rotatable bonds is 4. The average Bonchev–Trinajstić information content (AvgIpc) is 2.11. The maximum Gasteiger partial charge on any atom is 0.224 e. The Kier molecular flexibility index (Phi) is 4.21. The number of unbranched alkanes of at least 4 members (excludes halogenated alkanes) is 1. The second kappa shape index (κ2) is 5.46. The van der Waals surface area contributed by atoms with Crippen LogP contribution in [0.3, 0.4) is 0 Å². The van der Waals surface area contributed by atoms with Crippen LogP contribution in [0.25, 0.3) is 0 Å². The molecule has 1 heterocycles. The molecule has 0 aliphatic carbocycles. The third-order valence-corrected chi connectivity index (χ3v) is 1.80. The molecule has 0 fully saturated rings. The first-order valence-electron chi connectivity index (χ1n) is 4.41. The van der Waals surface area contributed by atoms with E-state index in [2.05, 4.69) is 21.2 Å². The Bertz CT molecular complexity index is 323. The van der Waals surface area contributed by atoms with E-state index in [4.69, 9.17) is 18.0 Å². The minimum absolute atomic E-state index is 0.268. The number of aromatic nitrogens is 2. The van der Waals surface area contributed by atoms with E-state index in [0.717, 1.165) is 30.9 Å². The van der Waals surface area contributed by atoms with E-state index in [9.17, 15) is 0 Å². The third kappa shape index (κ3) is 3.63. The molecule has 0 saturated carbocycles. The highest BCUT2D eigenvalue weighted by Crippen LogP contribution is 2.09. The molecule has 1 aromatic heterocycles. The highest BCUT2D eigenvalue weighted by molar-refractivity contribution is 6.28. The van der Waals surface area contributed by atoms with Gasteiger partial charge in [0.1, 0.15) is 5.82 Å². The summed E-state index contributed by atoms with van der Waals surface area (Å²) in [6, 6.07) is 1.85. The number of hydrogen-bond donors (Lipinski definition) is 1. The smallest absolute Gasteiger partial charge is 0.224 e. The molecule has 1 rings (SSSR count). The summed E-state index contributed by atoms with van der Waals surface area (Å²) >= 11 is 5.70. The number of aryl methyl sites for hydroxylation is 1. The molecule has 4 heteroatoms. The van der Waals surface area contributed by atoms with Gasteiger partial charge in [0.2, 0.25) is 5.28 Å². The van der Waals surface area contributed by atoms with Crippen LogP contribution in [0.5, 0.6) is 0 Å². The van der Waals surface area contributed by atoms with Crippen LogP contribution in [0.2, 0.25) is 5.28 Å². The Morgan fingerprint density at radius 1 is 1.57 bits per heavy atom. The zero-order chi connectivity index (χ0) is 10.4. The van der Waals surface area contributed by atoms with Gasteiger partial charge in [-0.1, -0.05) is 0 Å². The summed E-state index contributed by atoms with van der Waals surface area (Å²) in [5, 5.41) is 3.40. The van der Waals surface area contributed by atoms with Gasteiger partial charge < -0.3 is 5.32 Å². The third-order valence-electron chi connectivity index (χ3n) is 1.63. The van der Waals surface area contributed by atoms with Crippen molar-refractivity contribution in [2.24, 2.45) is 0 Å². The first kappa shape index (κ1) is 10.8. The first-order chi connectivity index (χ1) is 6.72. The zero-order valence-corrected chi connectivity index (χ0v) is 8.80. The van der Waals surface area contributed by atoms with Gasteiger partial charge in [-0.3, -0.25) is 0 Å². The van der Waals surface area contributed by atoms with Crippen LogP contribution >= 0.6 is 11.6 Å². The van der Waals surface area contributed by atoms with Crippen LogP contribution in [0.15, 0.2) is 6.07 Å². The minimum atomic E-state index is 0.268. The summed E-state index contributed by atoms with van der Waals surface area (Å²) in [5.74, 6) is 3.33. The van der Waals surface area contributed by atoms with E-state index in [-0.39, 0.29) is 5.28 Å². The van der Waals surface area contributed by atoms with Crippen molar-refractivity contribution in [3.05, 3.63) is 17.0 Å². The molecule has 3 nitrogen and oxygen atoms in total. The van der Waals surface area contributed by atoms with E-state index in [1.54, 1.807) is 0 Å². The molecular formula is C10H12ClN3. The molecule has 1 N–H and O–H groups in total. The SMILES string of the molecule is C#CCCCNc1cc(C)nc(Cl)n1. The maximum absolute atomic E-state index is 5.70. The average molecular weight is 210 g/mol. The van der Waals surface area contributed by atoms with Crippen molar-refractivity contribution in [1.82, 2.24) is 9.97 Å². The molecule has 74 valence electrons. The summed E-state index contributed by atoms with van der Waals surface area (Å²) < 4.78 is 0. The second-order valence-electron chi connectivity index (χ2n) is 2.90. The molecule has 0 aromatic carbocycles. The van der Waals surface area contributed by atoms with E-state index in [1.807, 2.05) is 13.0 Å². The van der Waals surface area contributed by atoms with Crippen molar-refractivity contribution in [3.8, 4) is 12.3 Å². The van der Waals surface area contributed by atoms with Gasteiger partial charge >= 0.3 is 0 Å². The van der Waals surface area contributed by atoms with Crippen molar-refractivity contribution in [2.45, 2.75) is 19.8 Å². The minimum Gasteiger partial charge on any atom is -0.370 e. The van der Waals surface area contributed by atoms with Gasteiger partial charge in [0.05, 0.1) is 0 Å². The van der Waals surface area contributed by atoms with E-state index in [1.165, 1.54) is 0 Å². The molecule has 0 aliphatic heterocycles. The lowest BCUT2D eigenvalue weighted by Gasteiger charge is -2.04. The Hall–Kier alpha value is -1.27. The predicted octanol–water partition coefficient (Wildman–Crippen LogP) is 2.26. The fourth-order valence-corrected chi connectivity index (χ4v) is 1.25. The lowest BCUT2D eigenvalue weighted by atomic mass is 10.3. The molecule has 0 radical (unpaired) electrons. The largest absolute Gasteiger partial charge is 0.370 e. The van der Waals surface area contributed by atoms with E-state index < -0.39 is 0 Å². The summed E-state index contributed by atoms with van der Waals surface area (Å²) in [6.45, 7) is 2.68. The van der Waals surface area contributed by atoms with E-state index >= 15 is 0 Å². The number of hydrogen-bond acceptors (Lipinski definition) is 3. The molecular weight excluding hydrogens is 198 g/mol. The maximum atomic E-state index is 5.70. The molecule has 0 spiro atoms. The topological polar surface area (TPSA) is 37.8 Å². The number of anilines is 1. The fourth-order valence-electron chi connectivity index (χ4n) is 1.03.